The quantitative estimate of drug-likeness (QED) is 0.929. The summed E-state index contributed by atoms with van der Waals surface area (Å²) in [5.74, 6) is 0.118. The molecule has 1 aliphatic carbocycles. The van der Waals surface area contributed by atoms with Gasteiger partial charge >= 0.3 is 0 Å². The van der Waals surface area contributed by atoms with Gasteiger partial charge in [-0.3, -0.25) is 0 Å². The van der Waals surface area contributed by atoms with E-state index in [9.17, 15) is 8.42 Å². The summed E-state index contributed by atoms with van der Waals surface area (Å²) in [6.45, 7) is 0. The predicted molar refractivity (Wildman–Crippen MR) is 68.9 cm³/mol. The lowest BCUT2D eigenvalue weighted by atomic mass is 10.2. The van der Waals surface area contributed by atoms with Crippen molar-refractivity contribution in [1.82, 2.24) is 4.72 Å². The van der Waals surface area contributed by atoms with Gasteiger partial charge in [-0.2, -0.15) is 9.98 Å². The highest BCUT2D eigenvalue weighted by molar-refractivity contribution is 7.89. The summed E-state index contributed by atoms with van der Waals surface area (Å²) in [4.78, 5) is 0.0119. The molecule has 0 heterocycles. The Bertz CT molecular complexity index is 606. The van der Waals surface area contributed by atoms with Crippen molar-refractivity contribution in [3.8, 4) is 6.07 Å². The standard InChI is InChI=1S/C11H10Cl2N2O2S/c12-9-4-3-8(5-10(9)13)18(16,17)15-11(6-14)7-1-2-7/h3-5,7,11,15H,1-2H2. The highest BCUT2D eigenvalue weighted by Gasteiger charge is 2.34. The number of nitrogens with zero attached hydrogens (tertiary/aromatic N) is 1. The van der Waals surface area contributed by atoms with Crippen LogP contribution in [0.25, 0.3) is 0 Å². The Morgan fingerprint density at radius 3 is 2.50 bits per heavy atom. The van der Waals surface area contributed by atoms with Crippen LogP contribution in [0.5, 0.6) is 0 Å². The van der Waals surface area contributed by atoms with Crippen LogP contribution in [0, 0.1) is 17.2 Å². The van der Waals surface area contributed by atoms with Crippen LogP contribution in [-0.4, -0.2) is 14.5 Å². The minimum Gasteiger partial charge on any atom is -0.207 e. The number of sulfonamides is 1. The number of halogens is 2. The number of rotatable bonds is 4. The van der Waals surface area contributed by atoms with E-state index in [1.54, 1.807) is 0 Å². The summed E-state index contributed by atoms with van der Waals surface area (Å²) in [5, 5.41) is 9.37. The molecule has 18 heavy (non-hydrogen) atoms. The van der Waals surface area contributed by atoms with E-state index in [-0.39, 0.29) is 20.9 Å². The lowest BCUT2D eigenvalue weighted by Crippen LogP contribution is -2.35. The molecule has 0 aromatic heterocycles. The van der Waals surface area contributed by atoms with Crippen LogP contribution in [0.1, 0.15) is 12.8 Å². The largest absolute Gasteiger partial charge is 0.241 e. The van der Waals surface area contributed by atoms with Gasteiger partial charge in [0.05, 0.1) is 21.0 Å². The smallest absolute Gasteiger partial charge is 0.207 e. The van der Waals surface area contributed by atoms with Gasteiger partial charge in [0.15, 0.2) is 0 Å². The molecule has 1 fully saturated rings. The Morgan fingerprint density at radius 1 is 1.33 bits per heavy atom. The zero-order chi connectivity index (χ0) is 13.3. The average molecular weight is 305 g/mol. The van der Waals surface area contributed by atoms with E-state index in [0.717, 1.165) is 12.8 Å². The van der Waals surface area contributed by atoms with Gasteiger partial charge in [-0.1, -0.05) is 23.2 Å². The van der Waals surface area contributed by atoms with Gasteiger partial charge in [0, 0.05) is 0 Å². The normalized spacial score (nSPS) is 17.2. The third-order valence-electron chi connectivity index (χ3n) is 2.72. The third-order valence-corrected chi connectivity index (χ3v) is 4.89. The van der Waals surface area contributed by atoms with E-state index < -0.39 is 16.1 Å². The van der Waals surface area contributed by atoms with Crippen molar-refractivity contribution in [3.63, 3.8) is 0 Å². The van der Waals surface area contributed by atoms with Crippen molar-refractivity contribution < 1.29 is 8.42 Å². The van der Waals surface area contributed by atoms with Crippen molar-refractivity contribution in [2.45, 2.75) is 23.8 Å². The Morgan fingerprint density at radius 2 is 2.00 bits per heavy atom. The monoisotopic (exact) mass is 304 g/mol. The maximum Gasteiger partial charge on any atom is 0.241 e. The molecule has 1 N–H and O–H groups in total. The van der Waals surface area contributed by atoms with E-state index in [1.165, 1.54) is 18.2 Å². The van der Waals surface area contributed by atoms with E-state index in [0.29, 0.717) is 0 Å². The molecule has 0 aliphatic heterocycles. The molecular weight excluding hydrogens is 295 g/mol. The summed E-state index contributed by atoms with van der Waals surface area (Å²) < 4.78 is 26.4. The molecule has 1 aromatic rings. The van der Waals surface area contributed by atoms with Crippen LogP contribution in [0.15, 0.2) is 23.1 Å². The fourth-order valence-electron chi connectivity index (χ4n) is 1.54. The van der Waals surface area contributed by atoms with Crippen LogP contribution in [0.3, 0.4) is 0 Å². The second kappa shape index (κ2) is 5.06. The van der Waals surface area contributed by atoms with Crippen LogP contribution in [0.4, 0.5) is 0 Å². The van der Waals surface area contributed by atoms with E-state index in [2.05, 4.69) is 4.72 Å². The molecule has 96 valence electrons. The zero-order valence-corrected chi connectivity index (χ0v) is 11.6. The Kier molecular flexibility index (Phi) is 3.83. The van der Waals surface area contributed by atoms with Crippen LogP contribution in [-0.2, 0) is 10.0 Å². The molecule has 7 heteroatoms. The second-order valence-corrected chi connectivity index (χ2v) is 6.67. The van der Waals surface area contributed by atoms with Gasteiger partial charge in [0.25, 0.3) is 0 Å². The number of hydrogen-bond donors (Lipinski definition) is 1. The summed E-state index contributed by atoms with van der Waals surface area (Å²) in [5.41, 5.74) is 0. The van der Waals surface area contributed by atoms with E-state index in [1.807, 2.05) is 6.07 Å². The molecular formula is C11H10Cl2N2O2S. The maximum absolute atomic E-state index is 12.0. The van der Waals surface area contributed by atoms with Gasteiger partial charge in [0.1, 0.15) is 6.04 Å². The number of nitrogens with one attached hydrogen (secondary N) is 1. The Labute approximate surface area is 116 Å². The minimum absolute atomic E-state index is 0.0119. The topological polar surface area (TPSA) is 70.0 Å². The van der Waals surface area contributed by atoms with Crippen molar-refractivity contribution in [2.24, 2.45) is 5.92 Å². The summed E-state index contributed by atoms with van der Waals surface area (Å²) in [7, 11) is -3.73. The first-order valence-corrected chi connectivity index (χ1v) is 7.55. The number of benzene rings is 1. The molecule has 0 bridgehead atoms. The van der Waals surface area contributed by atoms with Gasteiger partial charge in [0.2, 0.25) is 10.0 Å². The molecule has 4 nitrogen and oxygen atoms in total. The van der Waals surface area contributed by atoms with E-state index in [4.69, 9.17) is 28.5 Å². The number of nitriles is 1. The van der Waals surface area contributed by atoms with E-state index >= 15 is 0 Å². The van der Waals surface area contributed by atoms with Crippen molar-refractivity contribution in [3.05, 3.63) is 28.2 Å². The fraction of sp³-hybridized carbons (Fsp3) is 0.364. The maximum atomic E-state index is 12.0. The molecule has 1 saturated carbocycles. The van der Waals surface area contributed by atoms with Crippen LogP contribution in [0.2, 0.25) is 10.0 Å². The summed E-state index contributed by atoms with van der Waals surface area (Å²) >= 11 is 11.5. The molecule has 2 rings (SSSR count). The Hall–Kier alpha value is -0.800. The molecule has 1 unspecified atom stereocenters. The zero-order valence-electron chi connectivity index (χ0n) is 9.23. The van der Waals surface area contributed by atoms with Crippen molar-refractivity contribution >= 4 is 33.2 Å². The molecule has 1 aliphatic rings. The van der Waals surface area contributed by atoms with Crippen LogP contribution >= 0.6 is 23.2 Å². The van der Waals surface area contributed by atoms with Gasteiger partial charge < -0.3 is 0 Å². The first-order valence-electron chi connectivity index (χ1n) is 5.31. The fourth-order valence-corrected chi connectivity index (χ4v) is 3.14. The van der Waals surface area contributed by atoms with Crippen LogP contribution < -0.4 is 4.72 Å². The minimum atomic E-state index is -3.73. The van der Waals surface area contributed by atoms with Gasteiger partial charge in [-0.25, -0.2) is 8.42 Å². The molecule has 0 spiro atoms. The number of hydrogen-bond acceptors (Lipinski definition) is 3. The second-order valence-electron chi connectivity index (χ2n) is 4.14. The van der Waals surface area contributed by atoms with Crippen molar-refractivity contribution in [1.29, 1.82) is 5.26 Å². The average Bonchev–Trinajstić information content (AvgIpc) is 3.13. The first kappa shape index (κ1) is 13.6. The lowest BCUT2D eigenvalue weighted by molar-refractivity contribution is 0.560. The Balaban J connectivity index is 2.24. The molecule has 0 radical (unpaired) electrons. The molecule has 0 saturated heterocycles. The highest BCUT2D eigenvalue weighted by atomic mass is 35.5. The van der Waals surface area contributed by atoms with Crippen molar-refractivity contribution in [2.75, 3.05) is 0 Å². The SMILES string of the molecule is N#CC(NS(=O)(=O)c1ccc(Cl)c(Cl)c1)C1CC1. The predicted octanol–water partition coefficient (Wildman–Crippen LogP) is 2.57. The van der Waals surface area contributed by atoms with Gasteiger partial charge in [-0.15, -0.1) is 0 Å². The summed E-state index contributed by atoms with van der Waals surface area (Å²) in [6.07, 6.45) is 1.75. The molecule has 1 atom stereocenters. The highest BCUT2D eigenvalue weighted by Crippen LogP contribution is 2.33. The van der Waals surface area contributed by atoms with Gasteiger partial charge in [-0.05, 0) is 37.0 Å². The third kappa shape index (κ3) is 2.96. The molecule has 1 aromatic carbocycles. The lowest BCUT2D eigenvalue weighted by Gasteiger charge is -2.11. The first-order chi connectivity index (χ1) is 8.44. The molecule has 0 amide bonds. The summed E-state index contributed by atoms with van der Waals surface area (Å²) in [6, 6.07) is 5.33.